The Morgan fingerprint density at radius 2 is 1.69 bits per heavy atom. The van der Waals surface area contributed by atoms with E-state index >= 15 is 0 Å². The van der Waals surface area contributed by atoms with Crippen molar-refractivity contribution in [2.75, 3.05) is 13.6 Å². The predicted octanol–water partition coefficient (Wildman–Crippen LogP) is 7.02. The zero-order chi connectivity index (χ0) is 24.0. The van der Waals surface area contributed by atoms with Crippen molar-refractivity contribution in [3.05, 3.63) is 102 Å². The first-order chi connectivity index (χ1) is 17.2. The first-order valence-electron chi connectivity index (χ1n) is 12.8. The quantitative estimate of drug-likeness (QED) is 0.264. The van der Waals surface area contributed by atoms with Crippen molar-refractivity contribution in [2.45, 2.75) is 51.1 Å². The molecule has 1 unspecified atom stereocenters. The van der Waals surface area contributed by atoms with Crippen molar-refractivity contribution in [3.63, 3.8) is 0 Å². The van der Waals surface area contributed by atoms with Gasteiger partial charge in [0, 0.05) is 48.0 Å². The van der Waals surface area contributed by atoms with Gasteiger partial charge in [-0.3, -0.25) is 4.98 Å². The Kier molecular flexibility index (Phi) is 7.39. The molecule has 0 bridgehead atoms. The van der Waals surface area contributed by atoms with E-state index < -0.39 is 0 Å². The summed E-state index contributed by atoms with van der Waals surface area (Å²) in [4.78, 5) is 6.76. The maximum Gasteiger partial charge on any atom is 0.123 e. The van der Waals surface area contributed by atoms with Crippen molar-refractivity contribution in [3.8, 4) is 22.3 Å². The van der Waals surface area contributed by atoms with Gasteiger partial charge in [0.05, 0.1) is 0 Å². The summed E-state index contributed by atoms with van der Waals surface area (Å²) < 4.78 is 16.2. The van der Waals surface area contributed by atoms with Gasteiger partial charge >= 0.3 is 0 Å². The molecule has 3 heterocycles. The summed E-state index contributed by atoms with van der Waals surface area (Å²) >= 11 is 0. The topological polar surface area (TPSA) is 21.1 Å². The minimum atomic E-state index is -0.203. The molecule has 4 heteroatoms. The number of aromatic nitrogens is 2. The molecule has 2 aromatic carbocycles. The van der Waals surface area contributed by atoms with E-state index in [-0.39, 0.29) is 5.82 Å². The maximum absolute atomic E-state index is 13.8. The monoisotopic (exact) mass is 467 g/mol. The standard InChI is InChI=1S/C31H34FN3/c1-34-21-6-10-28(34)18-22-35-23-29(25-12-14-27(32)15-13-25)31(26-16-19-33-20-17-26)30(35)11-5-9-24-7-3-2-4-8-24/h2-4,7-8,12-17,19-20,23,28H,5-6,9-11,18,21-22H2,1H3. The third kappa shape index (κ3) is 5.54. The third-order valence-electron chi connectivity index (χ3n) is 7.41. The molecule has 0 aliphatic carbocycles. The van der Waals surface area contributed by atoms with Gasteiger partial charge in [-0.1, -0.05) is 42.5 Å². The van der Waals surface area contributed by atoms with Crippen LogP contribution in [0.1, 0.15) is 36.9 Å². The fourth-order valence-corrected chi connectivity index (χ4v) is 5.49. The van der Waals surface area contributed by atoms with Crippen molar-refractivity contribution >= 4 is 0 Å². The molecule has 1 fully saturated rings. The summed E-state index contributed by atoms with van der Waals surface area (Å²) in [6.45, 7) is 2.19. The fourth-order valence-electron chi connectivity index (χ4n) is 5.49. The summed E-state index contributed by atoms with van der Waals surface area (Å²) in [5.41, 5.74) is 7.40. The van der Waals surface area contributed by atoms with Crippen LogP contribution in [0.25, 0.3) is 22.3 Å². The van der Waals surface area contributed by atoms with Gasteiger partial charge in [0.15, 0.2) is 0 Å². The van der Waals surface area contributed by atoms with Crippen LogP contribution in [0.4, 0.5) is 4.39 Å². The molecule has 3 nitrogen and oxygen atoms in total. The number of aryl methyl sites for hydroxylation is 2. The highest BCUT2D eigenvalue weighted by Gasteiger charge is 2.23. The van der Waals surface area contributed by atoms with Crippen molar-refractivity contribution in [2.24, 2.45) is 0 Å². The number of halogens is 1. The van der Waals surface area contributed by atoms with Crippen LogP contribution in [0.15, 0.2) is 85.3 Å². The molecule has 4 aromatic rings. The largest absolute Gasteiger partial charge is 0.350 e. The molecule has 0 saturated carbocycles. The van der Waals surface area contributed by atoms with Crippen LogP contribution in [-0.2, 0) is 19.4 Å². The van der Waals surface area contributed by atoms with E-state index in [0.717, 1.165) is 37.8 Å². The molecule has 1 atom stereocenters. The lowest BCUT2D eigenvalue weighted by Gasteiger charge is -2.20. The lowest BCUT2D eigenvalue weighted by Crippen LogP contribution is -2.26. The van der Waals surface area contributed by atoms with E-state index in [2.05, 4.69) is 70.2 Å². The summed E-state index contributed by atoms with van der Waals surface area (Å²) in [5.74, 6) is -0.203. The van der Waals surface area contributed by atoms with Crippen molar-refractivity contribution in [1.82, 2.24) is 14.5 Å². The van der Waals surface area contributed by atoms with E-state index in [1.54, 1.807) is 12.1 Å². The van der Waals surface area contributed by atoms with E-state index in [1.807, 2.05) is 24.5 Å². The molecule has 5 rings (SSSR count). The molecule has 1 aliphatic heterocycles. The van der Waals surface area contributed by atoms with Gasteiger partial charge in [0.2, 0.25) is 0 Å². The average Bonchev–Trinajstić information content (AvgIpc) is 3.47. The molecule has 180 valence electrons. The van der Waals surface area contributed by atoms with Crippen LogP contribution in [-0.4, -0.2) is 34.1 Å². The number of pyridine rings is 1. The van der Waals surface area contributed by atoms with Gasteiger partial charge in [0.1, 0.15) is 5.82 Å². The van der Waals surface area contributed by atoms with Crippen LogP contribution < -0.4 is 0 Å². The lowest BCUT2D eigenvalue weighted by atomic mass is 9.95. The molecule has 35 heavy (non-hydrogen) atoms. The Morgan fingerprint density at radius 1 is 0.914 bits per heavy atom. The van der Waals surface area contributed by atoms with Crippen molar-refractivity contribution in [1.29, 1.82) is 0 Å². The zero-order valence-corrected chi connectivity index (χ0v) is 20.5. The van der Waals surface area contributed by atoms with Gasteiger partial charge in [-0.2, -0.15) is 0 Å². The highest BCUT2D eigenvalue weighted by atomic mass is 19.1. The minimum Gasteiger partial charge on any atom is -0.350 e. The highest BCUT2D eigenvalue weighted by Crippen LogP contribution is 2.38. The second-order valence-corrected chi connectivity index (χ2v) is 9.71. The predicted molar refractivity (Wildman–Crippen MR) is 142 cm³/mol. The SMILES string of the molecule is CN1CCCC1CCn1cc(-c2ccc(F)cc2)c(-c2ccncc2)c1CCCc1ccccc1. The number of nitrogens with zero attached hydrogens (tertiary/aromatic N) is 3. The van der Waals surface area contributed by atoms with Gasteiger partial charge in [-0.05, 0) is 93.1 Å². The normalized spacial score (nSPS) is 16.1. The number of likely N-dealkylation sites (tertiary alicyclic amines) is 1. The fraction of sp³-hybridized carbons (Fsp3) is 0.323. The van der Waals surface area contributed by atoms with E-state index in [0.29, 0.717) is 6.04 Å². The van der Waals surface area contributed by atoms with Crippen LogP contribution in [0.2, 0.25) is 0 Å². The Bertz CT molecular complexity index is 1220. The third-order valence-corrected chi connectivity index (χ3v) is 7.41. The lowest BCUT2D eigenvalue weighted by molar-refractivity contribution is 0.285. The van der Waals surface area contributed by atoms with E-state index in [4.69, 9.17) is 0 Å². The Balaban J connectivity index is 1.52. The van der Waals surface area contributed by atoms with Crippen LogP contribution in [0.3, 0.4) is 0 Å². The second-order valence-electron chi connectivity index (χ2n) is 9.71. The molecule has 2 aromatic heterocycles. The van der Waals surface area contributed by atoms with Crippen LogP contribution >= 0.6 is 0 Å². The molecule has 0 N–H and O–H groups in total. The molecule has 1 aliphatic rings. The number of rotatable bonds is 9. The summed E-state index contributed by atoms with van der Waals surface area (Å²) in [7, 11) is 2.25. The summed E-state index contributed by atoms with van der Waals surface area (Å²) in [6.07, 6.45) is 12.9. The summed E-state index contributed by atoms with van der Waals surface area (Å²) in [6, 6.07) is 22.5. The second kappa shape index (κ2) is 11.0. The number of hydrogen-bond acceptors (Lipinski definition) is 2. The highest BCUT2D eigenvalue weighted by molar-refractivity contribution is 5.85. The van der Waals surface area contributed by atoms with Gasteiger partial charge in [-0.15, -0.1) is 0 Å². The Morgan fingerprint density at radius 3 is 2.40 bits per heavy atom. The van der Waals surface area contributed by atoms with E-state index in [1.165, 1.54) is 47.3 Å². The van der Waals surface area contributed by atoms with Crippen LogP contribution in [0.5, 0.6) is 0 Å². The molecule has 0 spiro atoms. The van der Waals surface area contributed by atoms with Gasteiger partial charge < -0.3 is 9.47 Å². The maximum atomic E-state index is 13.8. The molecular weight excluding hydrogens is 433 g/mol. The number of benzene rings is 2. The van der Waals surface area contributed by atoms with Crippen LogP contribution in [0, 0.1) is 5.82 Å². The Labute approximate surface area is 208 Å². The minimum absolute atomic E-state index is 0.203. The van der Waals surface area contributed by atoms with Crippen molar-refractivity contribution < 1.29 is 4.39 Å². The smallest absolute Gasteiger partial charge is 0.123 e. The number of hydrogen-bond donors (Lipinski definition) is 0. The molecule has 0 radical (unpaired) electrons. The Hall–Kier alpha value is -3.24. The molecule has 0 amide bonds. The molecule has 1 saturated heterocycles. The average molecular weight is 468 g/mol. The van der Waals surface area contributed by atoms with Gasteiger partial charge in [0.25, 0.3) is 0 Å². The molecular formula is C31H34FN3. The summed E-state index contributed by atoms with van der Waals surface area (Å²) in [5, 5.41) is 0. The zero-order valence-electron chi connectivity index (χ0n) is 20.5. The first-order valence-corrected chi connectivity index (χ1v) is 12.8. The first kappa shape index (κ1) is 23.5. The van der Waals surface area contributed by atoms with Gasteiger partial charge in [-0.25, -0.2) is 4.39 Å². The van der Waals surface area contributed by atoms with E-state index in [9.17, 15) is 4.39 Å².